The highest BCUT2D eigenvalue weighted by Crippen LogP contribution is 2.36. The monoisotopic (exact) mass is 321 g/mol. The molecule has 0 spiro atoms. The van der Waals surface area contributed by atoms with Gasteiger partial charge in [0.1, 0.15) is 5.82 Å². The molecule has 0 saturated carbocycles. The minimum atomic E-state index is -0.285. The Bertz CT molecular complexity index is 577. The van der Waals surface area contributed by atoms with Crippen molar-refractivity contribution in [1.82, 2.24) is 15.1 Å². The Balaban J connectivity index is 2.00. The van der Waals surface area contributed by atoms with E-state index in [2.05, 4.69) is 12.2 Å². The predicted molar refractivity (Wildman–Crippen MR) is 86.3 cm³/mol. The van der Waals surface area contributed by atoms with Crippen LogP contribution in [-0.2, 0) is 4.79 Å². The molecular formula is C17H24FN3O2. The number of halogens is 1. The Morgan fingerprint density at radius 2 is 2.04 bits per heavy atom. The van der Waals surface area contributed by atoms with Gasteiger partial charge in [-0.2, -0.15) is 0 Å². The number of urea groups is 1. The highest BCUT2D eigenvalue weighted by atomic mass is 19.1. The first-order chi connectivity index (χ1) is 10.9. The third-order valence-electron chi connectivity index (χ3n) is 4.15. The van der Waals surface area contributed by atoms with Gasteiger partial charge in [0.05, 0.1) is 6.04 Å². The Labute approximate surface area is 136 Å². The van der Waals surface area contributed by atoms with Gasteiger partial charge in [0.15, 0.2) is 0 Å². The summed E-state index contributed by atoms with van der Waals surface area (Å²) in [6.45, 7) is 2.92. The van der Waals surface area contributed by atoms with E-state index in [4.69, 9.17) is 0 Å². The second-order valence-corrected chi connectivity index (χ2v) is 6.30. The van der Waals surface area contributed by atoms with Crippen molar-refractivity contribution in [3.63, 3.8) is 0 Å². The number of likely N-dealkylation sites (tertiary alicyclic amines) is 1. The maximum absolute atomic E-state index is 14.0. The fourth-order valence-corrected chi connectivity index (χ4v) is 2.91. The molecule has 2 atom stereocenters. The first-order valence-electron chi connectivity index (χ1n) is 7.89. The van der Waals surface area contributed by atoms with Crippen LogP contribution in [0, 0.1) is 11.7 Å². The van der Waals surface area contributed by atoms with Gasteiger partial charge in [0.25, 0.3) is 0 Å². The van der Waals surface area contributed by atoms with E-state index in [0.29, 0.717) is 18.0 Å². The van der Waals surface area contributed by atoms with Crippen molar-refractivity contribution in [3.8, 4) is 0 Å². The molecule has 0 radical (unpaired) electrons. The van der Waals surface area contributed by atoms with Crippen LogP contribution in [0.2, 0.25) is 0 Å². The summed E-state index contributed by atoms with van der Waals surface area (Å²) in [5.41, 5.74) is 0.552. The Morgan fingerprint density at radius 1 is 1.35 bits per heavy atom. The molecule has 5 nitrogen and oxygen atoms in total. The molecule has 3 amide bonds. The topological polar surface area (TPSA) is 52.7 Å². The molecule has 126 valence electrons. The van der Waals surface area contributed by atoms with Crippen LogP contribution < -0.4 is 5.32 Å². The lowest BCUT2D eigenvalue weighted by molar-refractivity contribution is -0.128. The number of hydrogen-bond acceptors (Lipinski definition) is 2. The summed E-state index contributed by atoms with van der Waals surface area (Å²) in [4.78, 5) is 27.1. The molecule has 6 heteroatoms. The molecule has 1 heterocycles. The summed E-state index contributed by atoms with van der Waals surface area (Å²) in [6.07, 6.45) is 0.997. The zero-order chi connectivity index (χ0) is 17.0. The number of carbonyl (C=O) groups is 2. The van der Waals surface area contributed by atoms with E-state index in [1.807, 2.05) is 0 Å². The maximum Gasteiger partial charge on any atom is 0.317 e. The second-order valence-electron chi connectivity index (χ2n) is 6.30. The van der Waals surface area contributed by atoms with Crippen molar-refractivity contribution < 1.29 is 14.0 Å². The van der Waals surface area contributed by atoms with Gasteiger partial charge in [-0.25, -0.2) is 9.18 Å². The lowest BCUT2D eigenvalue weighted by Gasteiger charge is -2.25. The van der Waals surface area contributed by atoms with Gasteiger partial charge >= 0.3 is 6.03 Å². The molecular weight excluding hydrogens is 297 g/mol. The number of nitrogens with zero attached hydrogens (tertiary/aromatic N) is 2. The molecule has 1 aliphatic rings. The Hall–Kier alpha value is -2.11. The van der Waals surface area contributed by atoms with E-state index in [-0.39, 0.29) is 36.8 Å². The molecule has 0 bridgehead atoms. The van der Waals surface area contributed by atoms with Crippen molar-refractivity contribution in [3.05, 3.63) is 35.6 Å². The largest absolute Gasteiger partial charge is 0.349 e. The van der Waals surface area contributed by atoms with E-state index < -0.39 is 0 Å². The van der Waals surface area contributed by atoms with E-state index >= 15 is 0 Å². The molecule has 23 heavy (non-hydrogen) atoms. The smallest absolute Gasteiger partial charge is 0.317 e. The maximum atomic E-state index is 14.0. The Morgan fingerprint density at radius 3 is 2.70 bits per heavy atom. The molecule has 0 aliphatic carbocycles. The van der Waals surface area contributed by atoms with Gasteiger partial charge < -0.3 is 15.1 Å². The van der Waals surface area contributed by atoms with Gasteiger partial charge in [-0.15, -0.1) is 0 Å². The number of rotatable bonds is 4. The van der Waals surface area contributed by atoms with Gasteiger partial charge in [-0.3, -0.25) is 4.79 Å². The lowest BCUT2D eigenvalue weighted by Crippen LogP contribution is -2.41. The molecule has 0 unspecified atom stereocenters. The average Bonchev–Trinajstić information content (AvgIpc) is 2.89. The molecule has 1 N–H and O–H groups in total. The number of hydrogen-bond donors (Lipinski definition) is 1. The summed E-state index contributed by atoms with van der Waals surface area (Å²) in [5, 5.41) is 2.77. The minimum absolute atomic E-state index is 0.0363. The van der Waals surface area contributed by atoms with Crippen LogP contribution in [0.15, 0.2) is 24.3 Å². The summed E-state index contributed by atoms with van der Waals surface area (Å²) in [7, 11) is 3.36. The Kier molecular flexibility index (Phi) is 5.58. The summed E-state index contributed by atoms with van der Waals surface area (Å²) in [6, 6.07) is 6.09. The van der Waals surface area contributed by atoms with E-state index in [9.17, 15) is 14.0 Å². The zero-order valence-corrected chi connectivity index (χ0v) is 13.9. The van der Waals surface area contributed by atoms with Crippen LogP contribution in [0.1, 0.15) is 31.4 Å². The molecule has 1 fully saturated rings. The normalized spacial score (nSPS) is 20.4. The average molecular weight is 321 g/mol. The number of nitrogens with one attached hydrogen (secondary N) is 1. The molecule has 1 aromatic rings. The molecule has 1 saturated heterocycles. The quantitative estimate of drug-likeness (QED) is 0.926. The predicted octanol–water partition coefficient (Wildman–Crippen LogP) is 2.40. The summed E-state index contributed by atoms with van der Waals surface area (Å²) in [5.74, 6) is -0.00769. The first-order valence-corrected chi connectivity index (χ1v) is 7.89. The van der Waals surface area contributed by atoms with Crippen molar-refractivity contribution in [2.75, 3.05) is 27.2 Å². The van der Waals surface area contributed by atoms with Crippen LogP contribution in [0.5, 0.6) is 0 Å². The number of amides is 3. The second kappa shape index (κ2) is 7.44. The summed E-state index contributed by atoms with van der Waals surface area (Å²) < 4.78 is 14.0. The zero-order valence-electron chi connectivity index (χ0n) is 13.9. The highest BCUT2D eigenvalue weighted by molar-refractivity contribution is 5.78. The fourth-order valence-electron chi connectivity index (χ4n) is 2.91. The van der Waals surface area contributed by atoms with E-state index in [1.165, 1.54) is 11.0 Å². The molecule has 1 aliphatic heterocycles. The minimum Gasteiger partial charge on any atom is -0.349 e. The summed E-state index contributed by atoms with van der Waals surface area (Å²) >= 11 is 0. The van der Waals surface area contributed by atoms with Gasteiger partial charge in [-0.1, -0.05) is 25.1 Å². The number of benzene rings is 1. The third kappa shape index (κ3) is 4.21. The third-order valence-corrected chi connectivity index (χ3v) is 4.15. The molecule has 1 aromatic carbocycles. The van der Waals surface area contributed by atoms with Crippen LogP contribution >= 0.6 is 0 Å². The lowest BCUT2D eigenvalue weighted by atomic mass is 10.0. The van der Waals surface area contributed by atoms with Crippen molar-refractivity contribution in [1.29, 1.82) is 0 Å². The fraction of sp³-hybridized carbons (Fsp3) is 0.529. The van der Waals surface area contributed by atoms with E-state index in [0.717, 1.165) is 6.42 Å². The van der Waals surface area contributed by atoms with Crippen molar-refractivity contribution in [2.24, 2.45) is 5.92 Å². The van der Waals surface area contributed by atoms with Gasteiger partial charge in [0, 0.05) is 39.2 Å². The number of carbonyl (C=O) groups excluding carboxylic acids is 2. The van der Waals surface area contributed by atoms with Crippen LogP contribution in [0.25, 0.3) is 0 Å². The standard InChI is InChI=1S/C17H24FN3O2/c1-12-10-15(13-6-4-5-7-14(13)18)21(11-12)17(23)19-9-8-16(22)20(2)3/h4-7,12,15H,8-11H2,1-3H3,(H,19,23)/t12-,15+/m0/s1. The van der Waals surface area contributed by atoms with Crippen LogP contribution in [-0.4, -0.2) is 48.9 Å². The van der Waals surface area contributed by atoms with E-state index in [1.54, 1.807) is 37.2 Å². The van der Waals surface area contributed by atoms with Crippen molar-refractivity contribution in [2.45, 2.75) is 25.8 Å². The molecule has 0 aromatic heterocycles. The van der Waals surface area contributed by atoms with Crippen LogP contribution in [0.4, 0.5) is 9.18 Å². The van der Waals surface area contributed by atoms with Crippen molar-refractivity contribution >= 4 is 11.9 Å². The van der Waals surface area contributed by atoms with Gasteiger partial charge in [-0.05, 0) is 18.4 Å². The van der Waals surface area contributed by atoms with Crippen LogP contribution in [0.3, 0.4) is 0 Å². The van der Waals surface area contributed by atoms with Gasteiger partial charge in [0.2, 0.25) is 5.91 Å². The molecule has 2 rings (SSSR count). The SMILES string of the molecule is C[C@H]1C[C@H](c2ccccc2F)N(C(=O)NCCC(=O)N(C)C)C1. The first kappa shape index (κ1) is 17.2. The highest BCUT2D eigenvalue weighted by Gasteiger charge is 2.35.